The smallest absolute Gasteiger partial charge is 0.189 e. The highest BCUT2D eigenvalue weighted by atomic mass is 32.2. The molecule has 1 saturated heterocycles. The maximum atomic E-state index is 8.71. The van der Waals surface area contributed by atoms with Gasteiger partial charge in [0.25, 0.3) is 0 Å². The van der Waals surface area contributed by atoms with E-state index in [1.165, 1.54) is 24.4 Å². The van der Waals surface area contributed by atoms with Crippen molar-refractivity contribution in [3.05, 3.63) is 11.8 Å². The summed E-state index contributed by atoms with van der Waals surface area (Å²) in [6.07, 6.45) is 5.23. The van der Waals surface area contributed by atoms with Crippen LogP contribution in [-0.2, 0) is 4.74 Å². The van der Waals surface area contributed by atoms with Crippen LogP contribution in [0.15, 0.2) is 11.4 Å². The summed E-state index contributed by atoms with van der Waals surface area (Å²) in [7, 11) is 0. The Balaban J connectivity index is 1.90. The van der Waals surface area contributed by atoms with E-state index >= 15 is 0 Å². The van der Waals surface area contributed by atoms with Crippen molar-refractivity contribution in [2.75, 3.05) is 18.1 Å². The second kappa shape index (κ2) is 5.84. The third kappa shape index (κ3) is 3.32. The van der Waals surface area contributed by atoms with E-state index in [1.54, 1.807) is 0 Å². The minimum Gasteiger partial charge on any atom is -0.382 e. The first-order valence-electron chi connectivity index (χ1n) is 5.56. The molecule has 0 spiro atoms. The van der Waals surface area contributed by atoms with Gasteiger partial charge in [0.05, 0.1) is 12.3 Å². The van der Waals surface area contributed by atoms with Crippen LogP contribution < -0.4 is 5.73 Å². The van der Waals surface area contributed by atoms with Crippen LogP contribution >= 0.6 is 11.8 Å². The summed E-state index contributed by atoms with van der Waals surface area (Å²) in [6, 6.07) is 1.94. The van der Waals surface area contributed by atoms with Gasteiger partial charge in [-0.2, -0.15) is 5.26 Å². The van der Waals surface area contributed by atoms with Gasteiger partial charge in [-0.05, 0) is 19.3 Å². The van der Waals surface area contributed by atoms with Gasteiger partial charge in [0.1, 0.15) is 17.5 Å². The average molecular weight is 250 g/mol. The molecule has 6 heteroatoms. The molecular formula is C11H14N4OS. The van der Waals surface area contributed by atoms with Crippen molar-refractivity contribution in [1.29, 1.82) is 5.26 Å². The second-order valence-electron chi connectivity index (χ2n) is 3.86. The van der Waals surface area contributed by atoms with Gasteiger partial charge in [0.15, 0.2) is 5.16 Å². The van der Waals surface area contributed by atoms with E-state index in [2.05, 4.69) is 9.97 Å². The highest BCUT2D eigenvalue weighted by molar-refractivity contribution is 7.99. The van der Waals surface area contributed by atoms with Gasteiger partial charge in [-0.1, -0.05) is 11.8 Å². The van der Waals surface area contributed by atoms with Gasteiger partial charge in [0, 0.05) is 12.4 Å². The molecule has 2 rings (SSSR count). The lowest BCUT2D eigenvalue weighted by Crippen LogP contribution is -2.21. The molecule has 1 aliphatic rings. The van der Waals surface area contributed by atoms with Crippen LogP contribution in [0.3, 0.4) is 0 Å². The number of nitrogens with two attached hydrogens (primary N) is 1. The van der Waals surface area contributed by atoms with E-state index in [1.807, 2.05) is 6.07 Å². The molecule has 1 atom stereocenters. The summed E-state index contributed by atoms with van der Waals surface area (Å²) < 4.78 is 5.61. The van der Waals surface area contributed by atoms with E-state index in [0.29, 0.717) is 10.7 Å². The van der Waals surface area contributed by atoms with E-state index in [4.69, 9.17) is 15.7 Å². The van der Waals surface area contributed by atoms with Crippen LogP contribution in [0.1, 0.15) is 24.8 Å². The molecule has 1 aromatic heterocycles. The minimum atomic E-state index is 0.245. The Kier molecular flexibility index (Phi) is 4.18. The lowest BCUT2D eigenvalue weighted by molar-refractivity contribution is 0.0315. The van der Waals surface area contributed by atoms with E-state index in [0.717, 1.165) is 25.2 Å². The number of rotatable bonds is 3. The molecule has 0 aromatic carbocycles. The lowest BCUT2D eigenvalue weighted by atomic mass is 10.1. The lowest BCUT2D eigenvalue weighted by Gasteiger charge is -2.21. The van der Waals surface area contributed by atoms with Crippen LogP contribution in [0.25, 0.3) is 0 Å². The molecule has 0 saturated carbocycles. The molecule has 1 aliphatic heterocycles. The van der Waals surface area contributed by atoms with Crippen LogP contribution in [0.5, 0.6) is 0 Å². The number of nitrogen functional groups attached to an aromatic ring is 1. The third-order valence-corrected chi connectivity index (χ3v) is 3.58. The molecular weight excluding hydrogens is 236 g/mol. The predicted molar refractivity (Wildman–Crippen MR) is 65.5 cm³/mol. The fourth-order valence-electron chi connectivity index (χ4n) is 1.64. The summed E-state index contributed by atoms with van der Waals surface area (Å²) in [5.41, 5.74) is 5.94. The van der Waals surface area contributed by atoms with Gasteiger partial charge in [-0.3, -0.25) is 0 Å². The Hall–Kier alpha value is -1.32. The Morgan fingerprint density at radius 2 is 2.47 bits per heavy atom. The van der Waals surface area contributed by atoms with Gasteiger partial charge < -0.3 is 10.5 Å². The Labute approximate surface area is 104 Å². The highest BCUT2D eigenvalue weighted by Gasteiger charge is 2.15. The van der Waals surface area contributed by atoms with Gasteiger partial charge in [-0.25, -0.2) is 9.97 Å². The molecule has 2 N–H and O–H groups in total. The molecule has 1 aromatic rings. The number of ether oxygens (including phenoxy) is 1. The molecule has 5 nitrogen and oxygen atoms in total. The summed E-state index contributed by atoms with van der Waals surface area (Å²) in [5.74, 6) is 1.08. The van der Waals surface area contributed by atoms with E-state index in [9.17, 15) is 0 Å². The van der Waals surface area contributed by atoms with Crippen LogP contribution in [0.2, 0.25) is 0 Å². The van der Waals surface area contributed by atoms with Crippen LogP contribution in [0.4, 0.5) is 5.82 Å². The summed E-state index contributed by atoms with van der Waals surface area (Å²) in [4.78, 5) is 8.17. The first-order chi connectivity index (χ1) is 8.29. The van der Waals surface area contributed by atoms with Crippen molar-refractivity contribution < 1.29 is 4.74 Å². The normalized spacial score (nSPS) is 19.8. The zero-order valence-electron chi connectivity index (χ0n) is 9.43. The first-order valence-corrected chi connectivity index (χ1v) is 6.55. The molecule has 17 heavy (non-hydrogen) atoms. The topological polar surface area (TPSA) is 84.8 Å². The molecule has 0 amide bonds. The summed E-state index contributed by atoms with van der Waals surface area (Å²) in [5, 5.41) is 9.31. The summed E-state index contributed by atoms with van der Waals surface area (Å²) in [6.45, 7) is 0.849. The van der Waals surface area contributed by atoms with E-state index < -0.39 is 0 Å². The van der Waals surface area contributed by atoms with E-state index in [-0.39, 0.29) is 11.9 Å². The van der Waals surface area contributed by atoms with Crippen LogP contribution in [-0.4, -0.2) is 28.4 Å². The molecule has 90 valence electrons. The number of hydrogen-bond donors (Lipinski definition) is 1. The molecule has 1 fully saturated rings. The maximum absolute atomic E-state index is 8.71. The standard InChI is InChI=1S/C11H14N4OS/c12-5-8-6-14-11(15-10(8)13)17-7-9-3-1-2-4-16-9/h6,9H,1-4,7H2,(H2,13,14,15)/t9-/m0/s1. The monoisotopic (exact) mass is 250 g/mol. The number of aromatic nitrogens is 2. The Morgan fingerprint density at radius 3 is 3.12 bits per heavy atom. The number of hydrogen-bond acceptors (Lipinski definition) is 6. The molecule has 0 bridgehead atoms. The third-order valence-electron chi connectivity index (χ3n) is 2.59. The number of nitriles is 1. The van der Waals surface area contributed by atoms with Gasteiger partial charge in [-0.15, -0.1) is 0 Å². The van der Waals surface area contributed by atoms with Crippen molar-refractivity contribution in [3.8, 4) is 6.07 Å². The Morgan fingerprint density at radius 1 is 1.59 bits per heavy atom. The van der Waals surface area contributed by atoms with Crippen LogP contribution in [0, 0.1) is 11.3 Å². The number of thioether (sulfide) groups is 1. The first kappa shape index (κ1) is 12.1. The van der Waals surface area contributed by atoms with Crippen molar-refractivity contribution in [2.24, 2.45) is 0 Å². The Bertz CT molecular complexity index is 426. The zero-order chi connectivity index (χ0) is 12.1. The van der Waals surface area contributed by atoms with Crippen molar-refractivity contribution >= 4 is 17.6 Å². The molecule has 0 aliphatic carbocycles. The minimum absolute atomic E-state index is 0.245. The molecule has 0 unspecified atom stereocenters. The number of nitrogens with zero attached hydrogens (tertiary/aromatic N) is 3. The zero-order valence-corrected chi connectivity index (χ0v) is 10.2. The van der Waals surface area contributed by atoms with Gasteiger partial charge >= 0.3 is 0 Å². The number of anilines is 1. The molecule has 2 heterocycles. The van der Waals surface area contributed by atoms with Crippen molar-refractivity contribution in [2.45, 2.75) is 30.5 Å². The summed E-state index contributed by atoms with van der Waals surface area (Å²) >= 11 is 1.52. The maximum Gasteiger partial charge on any atom is 0.189 e. The second-order valence-corrected chi connectivity index (χ2v) is 4.85. The fraction of sp³-hybridized carbons (Fsp3) is 0.545. The van der Waals surface area contributed by atoms with Gasteiger partial charge in [0.2, 0.25) is 0 Å². The van der Waals surface area contributed by atoms with Crippen molar-refractivity contribution in [1.82, 2.24) is 9.97 Å². The fourth-order valence-corrected chi connectivity index (χ4v) is 2.53. The quantitative estimate of drug-likeness (QED) is 0.647. The molecule has 0 radical (unpaired) electrons. The largest absolute Gasteiger partial charge is 0.382 e. The predicted octanol–water partition coefficient (Wildman–Crippen LogP) is 1.59. The SMILES string of the molecule is N#Cc1cnc(SC[C@@H]2CCCCO2)nc1N. The van der Waals surface area contributed by atoms with Crippen molar-refractivity contribution in [3.63, 3.8) is 0 Å². The average Bonchev–Trinajstić information content (AvgIpc) is 2.38. The highest BCUT2D eigenvalue weighted by Crippen LogP contribution is 2.21.